The van der Waals surface area contributed by atoms with Crippen molar-refractivity contribution in [3.63, 3.8) is 0 Å². The molecule has 0 aliphatic carbocycles. The lowest BCUT2D eigenvalue weighted by molar-refractivity contribution is 0.0657. The van der Waals surface area contributed by atoms with E-state index in [4.69, 9.17) is 9.47 Å². The van der Waals surface area contributed by atoms with Gasteiger partial charge in [-0.1, -0.05) is 20.8 Å². The molecule has 0 amide bonds. The Morgan fingerprint density at radius 2 is 2.18 bits per heavy atom. The van der Waals surface area contributed by atoms with E-state index in [0.717, 1.165) is 26.3 Å². The van der Waals surface area contributed by atoms with Crippen LogP contribution in [0.15, 0.2) is 0 Å². The molecule has 1 aliphatic rings. The largest absolute Gasteiger partial charge is 0.383 e. The van der Waals surface area contributed by atoms with E-state index in [1.54, 1.807) is 7.11 Å². The fourth-order valence-electron chi connectivity index (χ4n) is 2.34. The maximum absolute atomic E-state index is 5.75. The molecular weight excluding hydrogens is 214 g/mol. The van der Waals surface area contributed by atoms with Crippen molar-refractivity contribution >= 4 is 0 Å². The molecule has 3 nitrogen and oxygen atoms in total. The van der Waals surface area contributed by atoms with E-state index in [0.29, 0.717) is 17.4 Å². The highest BCUT2D eigenvalue weighted by Crippen LogP contribution is 2.32. The molecule has 0 radical (unpaired) electrons. The SMILES string of the molecule is COCCNCC(CC1CCCO1)C(C)(C)C. The predicted octanol–water partition coefficient (Wildman–Crippen LogP) is 2.45. The summed E-state index contributed by atoms with van der Waals surface area (Å²) in [7, 11) is 1.75. The highest BCUT2D eigenvalue weighted by molar-refractivity contribution is 4.80. The lowest BCUT2D eigenvalue weighted by Gasteiger charge is -2.32. The molecule has 0 saturated carbocycles. The molecule has 1 N–H and O–H groups in total. The van der Waals surface area contributed by atoms with Crippen LogP contribution in [0.25, 0.3) is 0 Å². The summed E-state index contributed by atoms with van der Waals surface area (Å²) in [4.78, 5) is 0. The third kappa shape index (κ3) is 5.84. The highest BCUT2D eigenvalue weighted by Gasteiger charge is 2.28. The minimum Gasteiger partial charge on any atom is -0.383 e. The molecule has 1 fully saturated rings. The van der Waals surface area contributed by atoms with Crippen molar-refractivity contribution in [1.82, 2.24) is 5.32 Å². The molecule has 1 heterocycles. The molecule has 0 bridgehead atoms. The molecule has 2 atom stereocenters. The maximum Gasteiger partial charge on any atom is 0.0587 e. The second-order valence-electron chi connectivity index (χ2n) is 6.13. The lowest BCUT2D eigenvalue weighted by atomic mass is 9.77. The smallest absolute Gasteiger partial charge is 0.0587 e. The summed E-state index contributed by atoms with van der Waals surface area (Å²) in [5, 5.41) is 3.49. The summed E-state index contributed by atoms with van der Waals surface area (Å²) in [6, 6.07) is 0. The van der Waals surface area contributed by atoms with Gasteiger partial charge in [-0.3, -0.25) is 0 Å². The molecule has 102 valence electrons. The fourth-order valence-corrected chi connectivity index (χ4v) is 2.34. The van der Waals surface area contributed by atoms with Gasteiger partial charge >= 0.3 is 0 Å². The highest BCUT2D eigenvalue weighted by atomic mass is 16.5. The molecule has 0 aromatic carbocycles. The Balaban J connectivity index is 2.32. The standard InChI is InChI=1S/C14H29NO2/c1-14(2,3)12(11-15-7-9-16-4)10-13-6-5-8-17-13/h12-13,15H,5-11H2,1-4H3. The summed E-state index contributed by atoms with van der Waals surface area (Å²) in [5.74, 6) is 0.669. The quantitative estimate of drug-likeness (QED) is 0.697. The van der Waals surface area contributed by atoms with Crippen LogP contribution >= 0.6 is 0 Å². The summed E-state index contributed by atoms with van der Waals surface area (Å²) in [6.45, 7) is 10.7. The first-order valence-electron chi connectivity index (χ1n) is 6.85. The molecule has 3 heteroatoms. The van der Waals surface area contributed by atoms with Crippen LogP contribution < -0.4 is 5.32 Å². The Morgan fingerprint density at radius 1 is 1.41 bits per heavy atom. The molecule has 1 rings (SSSR count). The zero-order valence-corrected chi connectivity index (χ0v) is 11.9. The van der Waals surface area contributed by atoms with Crippen molar-refractivity contribution in [3.05, 3.63) is 0 Å². The van der Waals surface area contributed by atoms with E-state index in [1.807, 2.05) is 0 Å². The number of nitrogens with one attached hydrogen (secondary N) is 1. The number of ether oxygens (including phenoxy) is 2. The Hall–Kier alpha value is -0.120. The molecule has 0 spiro atoms. The zero-order chi connectivity index (χ0) is 12.7. The van der Waals surface area contributed by atoms with E-state index in [-0.39, 0.29) is 0 Å². The Labute approximate surface area is 106 Å². The number of hydrogen-bond donors (Lipinski definition) is 1. The molecule has 0 aromatic rings. The van der Waals surface area contributed by atoms with Gasteiger partial charge in [0.15, 0.2) is 0 Å². The van der Waals surface area contributed by atoms with E-state index in [2.05, 4.69) is 26.1 Å². The van der Waals surface area contributed by atoms with Crippen LogP contribution in [0.4, 0.5) is 0 Å². The van der Waals surface area contributed by atoms with Gasteiger partial charge in [0, 0.05) is 20.3 Å². The Morgan fingerprint density at radius 3 is 2.71 bits per heavy atom. The van der Waals surface area contributed by atoms with Crippen LogP contribution in [0.1, 0.15) is 40.0 Å². The van der Waals surface area contributed by atoms with Crippen molar-refractivity contribution in [2.75, 3.05) is 33.4 Å². The number of hydrogen-bond acceptors (Lipinski definition) is 3. The van der Waals surface area contributed by atoms with Crippen LogP contribution in [-0.4, -0.2) is 39.5 Å². The molecule has 0 aromatic heterocycles. The van der Waals surface area contributed by atoms with E-state index in [9.17, 15) is 0 Å². The summed E-state index contributed by atoms with van der Waals surface area (Å²) < 4.78 is 10.8. The summed E-state index contributed by atoms with van der Waals surface area (Å²) in [5.41, 5.74) is 0.339. The van der Waals surface area contributed by atoms with Gasteiger partial charge in [-0.2, -0.15) is 0 Å². The first-order chi connectivity index (χ1) is 8.04. The van der Waals surface area contributed by atoms with Crippen molar-refractivity contribution < 1.29 is 9.47 Å². The van der Waals surface area contributed by atoms with Crippen molar-refractivity contribution in [1.29, 1.82) is 0 Å². The molecule has 1 aliphatic heterocycles. The number of methoxy groups -OCH3 is 1. The second-order valence-corrected chi connectivity index (χ2v) is 6.13. The normalized spacial score (nSPS) is 22.9. The minimum atomic E-state index is 0.339. The van der Waals surface area contributed by atoms with E-state index < -0.39 is 0 Å². The van der Waals surface area contributed by atoms with Gasteiger partial charge in [0.1, 0.15) is 0 Å². The number of rotatable bonds is 7. The van der Waals surface area contributed by atoms with Gasteiger partial charge < -0.3 is 14.8 Å². The molecular formula is C14H29NO2. The topological polar surface area (TPSA) is 30.5 Å². The van der Waals surface area contributed by atoms with Crippen LogP contribution in [0, 0.1) is 11.3 Å². The van der Waals surface area contributed by atoms with Gasteiger partial charge in [0.25, 0.3) is 0 Å². The third-order valence-electron chi connectivity index (χ3n) is 3.67. The first-order valence-corrected chi connectivity index (χ1v) is 6.85. The van der Waals surface area contributed by atoms with Gasteiger partial charge in [-0.15, -0.1) is 0 Å². The van der Waals surface area contributed by atoms with Gasteiger partial charge in [-0.25, -0.2) is 0 Å². The molecule has 2 unspecified atom stereocenters. The first kappa shape index (κ1) is 14.9. The Bertz CT molecular complexity index is 195. The fraction of sp³-hybridized carbons (Fsp3) is 1.00. The Kier molecular flexibility index (Phi) is 6.45. The maximum atomic E-state index is 5.75. The molecule has 17 heavy (non-hydrogen) atoms. The predicted molar refractivity (Wildman–Crippen MR) is 71.3 cm³/mol. The summed E-state index contributed by atoms with van der Waals surface area (Å²) in [6.07, 6.45) is 4.15. The lowest BCUT2D eigenvalue weighted by Crippen LogP contribution is -2.35. The van der Waals surface area contributed by atoms with Crippen molar-refractivity contribution in [2.45, 2.75) is 46.1 Å². The van der Waals surface area contributed by atoms with Crippen LogP contribution in [0.5, 0.6) is 0 Å². The van der Waals surface area contributed by atoms with Crippen molar-refractivity contribution in [3.8, 4) is 0 Å². The van der Waals surface area contributed by atoms with Crippen molar-refractivity contribution in [2.24, 2.45) is 11.3 Å². The molecule has 1 saturated heterocycles. The van der Waals surface area contributed by atoms with E-state index in [1.165, 1.54) is 19.3 Å². The van der Waals surface area contributed by atoms with Crippen LogP contribution in [-0.2, 0) is 9.47 Å². The third-order valence-corrected chi connectivity index (χ3v) is 3.67. The minimum absolute atomic E-state index is 0.339. The van der Waals surface area contributed by atoms with Crippen LogP contribution in [0.2, 0.25) is 0 Å². The monoisotopic (exact) mass is 243 g/mol. The van der Waals surface area contributed by atoms with E-state index >= 15 is 0 Å². The average molecular weight is 243 g/mol. The second kappa shape index (κ2) is 7.34. The van der Waals surface area contributed by atoms with Gasteiger partial charge in [-0.05, 0) is 37.1 Å². The van der Waals surface area contributed by atoms with Gasteiger partial charge in [0.05, 0.1) is 12.7 Å². The summed E-state index contributed by atoms with van der Waals surface area (Å²) >= 11 is 0. The zero-order valence-electron chi connectivity index (χ0n) is 11.9. The van der Waals surface area contributed by atoms with Gasteiger partial charge in [0.2, 0.25) is 0 Å². The average Bonchev–Trinajstić information content (AvgIpc) is 2.73. The van der Waals surface area contributed by atoms with Crippen LogP contribution in [0.3, 0.4) is 0 Å².